The predicted octanol–water partition coefficient (Wildman–Crippen LogP) is -1.47. The van der Waals surface area contributed by atoms with Gasteiger partial charge in [-0.25, -0.2) is 13.1 Å². The normalized spacial score (nSPS) is 13.9. The van der Waals surface area contributed by atoms with E-state index in [4.69, 9.17) is 5.73 Å². The van der Waals surface area contributed by atoms with Crippen LogP contribution in [0, 0.1) is 5.92 Å². The minimum atomic E-state index is -3.36. The van der Waals surface area contributed by atoms with E-state index in [0.717, 1.165) is 6.26 Å². The summed E-state index contributed by atoms with van der Waals surface area (Å²) in [6.45, 7) is 6.80. The number of sulfonamides is 1. The van der Waals surface area contributed by atoms with Crippen LogP contribution in [0.5, 0.6) is 0 Å². The summed E-state index contributed by atoms with van der Waals surface area (Å²) in [6, 6.07) is -0.666. The predicted molar refractivity (Wildman–Crippen MR) is 80.9 cm³/mol. The van der Waals surface area contributed by atoms with Gasteiger partial charge < -0.3 is 16.4 Å². The van der Waals surface area contributed by atoms with E-state index in [1.54, 1.807) is 13.8 Å². The quantitative estimate of drug-likeness (QED) is 0.433. The maximum absolute atomic E-state index is 11.6. The molecule has 1 atom stereocenters. The summed E-state index contributed by atoms with van der Waals surface area (Å²) in [4.78, 5) is 23.2. The molecule has 0 aliphatic heterocycles. The molecule has 0 aromatic carbocycles. The molecule has 0 bridgehead atoms. The van der Waals surface area contributed by atoms with Crippen molar-refractivity contribution in [1.82, 2.24) is 15.4 Å². The van der Waals surface area contributed by atoms with Crippen LogP contribution in [0.1, 0.15) is 27.7 Å². The second-order valence-corrected chi connectivity index (χ2v) is 7.77. The Kier molecular flexibility index (Phi) is 7.28. The molecule has 124 valence electrons. The van der Waals surface area contributed by atoms with E-state index in [1.807, 2.05) is 13.8 Å². The van der Waals surface area contributed by atoms with Crippen LogP contribution in [-0.2, 0) is 19.6 Å². The van der Waals surface area contributed by atoms with Crippen molar-refractivity contribution in [3.63, 3.8) is 0 Å². The molecule has 0 fully saturated rings. The zero-order valence-corrected chi connectivity index (χ0v) is 14.0. The number of carbonyl (C=O) groups is 2. The van der Waals surface area contributed by atoms with Crippen molar-refractivity contribution >= 4 is 21.8 Å². The van der Waals surface area contributed by atoms with Gasteiger partial charge in [0.05, 0.1) is 18.8 Å². The van der Waals surface area contributed by atoms with Crippen molar-refractivity contribution < 1.29 is 18.0 Å². The molecule has 0 aromatic heterocycles. The van der Waals surface area contributed by atoms with Crippen LogP contribution in [-0.4, -0.2) is 51.2 Å². The van der Waals surface area contributed by atoms with Crippen LogP contribution in [0.25, 0.3) is 0 Å². The summed E-state index contributed by atoms with van der Waals surface area (Å²) in [5.74, 6) is -0.831. The SMILES string of the molecule is CC(C)[C@H](N)C(=O)NCC(=O)NCC(C)(C)NS(C)(=O)=O. The lowest BCUT2D eigenvalue weighted by molar-refractivity contribution is -0.127. The highest BCUT2D eigenvalue weighted by atomic mass is 32.2. The molecule has 0 aliphatic rings. The van der Waals surface area contributed by atoms with Gasteiger partial charge in [0.25, 0.3) is 0 Å². The number of hydrogen-bond donors (Lipinski definition) is 4. The Morgan fingerprint density at radius 3 is 2.14 bits per heavy atom. The number of carbonyl (C=O) groups excluding carboxylic acids is 2. The molecule has 0 spiro atoms. The molecule has 0 saturated carbocycles. The molecule has 9 heteroatoms. The van der Waals surface area contributed by atoms with Gasteiger partial charge >= 0.3 is 0 Å². The smallest absolute Gasteiger partial charge is 0.239 e. The second-order valence-electron chi connectivity index (χ2n) is 6.02. The van der Waals surface area contributed by atoms with E-state index < -0.39 is 33.4 Å². The van der Waals surface area contributed by atoms with Crippen LogP contribution in [0.2, 0.25) is 0 Å². The third-order valence-corrected chi connectivity index (χ3v) is 3.56. The van der Waals surface area contributed by atoms with Gasteiger partial charge in [-0.2, -0.15) is 0 Å². The molecule has 5 N–H and O–H groups in total. The summed E-state index contributed by atoms with van der Waals surface area (Å²) in [6.07, 6.45) is 1.05. The zero-order chi connectivity index (χ0) is 16.8. The first-order valence-corrected chi connectivity index (χ1v) is 8.52. The Balaban J connectivity index is 4.20. The average molecular weight is 322 g/mol. The van der Waals surface area contributed by atoms with Crippen molar-refractivity contribution in [1.29, 1.82) is 0 Å². The number of nitrogens with two attached hydrogens (primary N) is 1. The fraction of sp³-hybridized carbons (Fsp3) is 0.833. The van der Waals surface area contributed by atoms with Crippen LogP contribution >= 0.6 is 0 Å². The van der Waals surface area contributed by atoms with Gasteiger partial charge in [0, 0.05) is 12.1 Å². The molecule has 2 amide bonds. The Morgan fingerprint density at radius 1 is 1.19 bits per heavy atom. The largest absolute Gasteiger partial charge is 0.353 e. The standard InChI is InChI=1S/C12H26N4O4S/c1-8(2)10(13)11(18)14-6-9(17)15-7-12(3,4)16-21(5,19)20/h8,10,16H,6-7,13H2,1-5H3,(H,14,18)(H,15,17)/t10-/m0/s1. The lowest BCUT2D eigenvalue weighted by atomic mass is 10.1. The van der Waals surface area contributed by atoms with Gasteiger partial charge in [-0.3, -0.25) is 9.59 Å². The van der Waals surface area contributed by atoms with Crippen LogP contribution in [0.3, 0.4) is 0 Å². The maximum atomic E-state index is 11.6. The van der Waals surface area contributed by atoms with Crippen LogP contribution in [0.15, 0.2) is 0 Å². The fourth-order valence-electron chi connectivity index (χ4n) is 1.51. The lowest BCUT2D eigenvalue weighted by Gasteiger charge is -2.25. The Labute approximate surface area is 126 Å². The Hall–Kier alpha value is -1.19. The van der Waals surface area contributed by atoms with Crippen molar-refractivity contribution in [2.75, 3.05) is 19.3 Å². The number of nitrogens with one attached hydrogen (secondary N) is 3. The van der Waals surface area contributed by atoms with Gasteiger partial charge in [0.15, 0.2) is 0 Å². The fourth-order valence-corrected chi connectivity index (χ4v) is 2.58. The van der Waals surface area contributed by atoms with Gasteiger partial charge in [-0.1, -0.05) is 13.8 Å². The first-order valence-electron chi connectivity index (χ1n) is 6.63. The molecule has 8 nitrogen and oxygen atoms in total. The summed E-state index contributed by atoms with van der Waals surface area (Å²) < 4.78 is 24.7. The Bertz CT molecular complexity index is 474. The first-order chi connectivity index (χ1) is 9.34. The van der Waals surface area contributed by atoms with Gasteiger partial charge in [0.1, 0.15) is 0 Å². The van der Waals surface area contributed by atoms with Gasteiger partial charge in [-0.15, -0.1) is 0 Å². The number of amides is 2. The van der Waals surface area contributed by atoms with E-state index in [2.05, 4.69) is 15.4 Å². The molecule has 0 unspecified atom stereocenters. The summed E-state index contributed by atoms with van der Waals surface area (Å²) in [5.41, 5.74) is 4.82. The average Bonchev–Trinajstić information content (AvgIpc) is 2.29. The second kappa shape index (κ2) is 7.71. The van der Waals surface area contributed by atoms with E-state index in [0.29, 0.717) is 0 Å². The maximum Gasteiger partial charge on any atom is 0.239 e. The highest BCUT2D eigenvalue weighted by molar-refractivity contribution is 7.88. The monoisotopic (exact) mass is 322 g/mol. The van der Waals surface area contributed by atoms with E-state index >= 15 is 0 Å². The van der Waals surface area contributed by atoms with Gasteiger partial charge in [0.2, 0.25) is 21.8 Å². The number of rotatable bonds is 8. The molecule has 0 heterocycles. The molecular weight excluding hydrogens is 296 g/mol. The minimum absolute atomic E-state index is 0.0223. The highest BCUT2D eigenvalue weighted by Gasteiger charge is 2.23. The third kappa shape index (κ3) is 9.38. The number of hydrogen-bond acceptors (Lipinski definition) is 5. The summed E-state index contributed by atoms with van der Waals surface area (Å²) in [5, 5.41) is 4.98. The van der Waals surface area contributed by atoms with Gasteiger partial charge in [-0.05, 0) is 19.8 Å². The molecule has 0 aliphatic carbocycles. The van der Waals surface area contributed by atoms with E-state index in [1.165, 1.54) is 0 Å². The summed E-state index contributed by atoms with van der Waals surface area (Å²) in [7, 11) is -3.36. The van der Waals surface area contributed by atoms with Crippen molar-refractivity contribution in [3.8, 4) is 0 Å². The van der Waals surface area contributed by atoms with Crippen molar-refractivity contribution in [2.45, 2.75) is 39.3 Å². The molecule has 0 aromatic rings. The highest BCUT2D eigenvalue weighted by Crippen LogP contribution is 2.01. The molecule has 0 radical (unpaired) electrons. The minimum Gasteiger partial charge on any atom is -0.353 e. The topological polar surface area (TPSA) is 130 Å². The Morgan fingerprint density at radius 2 is 1.71 bits per heavy atom. The molecular formula is C12H26N4O4S. The zero-order valence-electron chi connectivity index (χ0n) is 13.2. The van der Waals surface area contributed by atoms with Crippen molar-refractivity contribution in [3.05, 3.63) is 0 Å². The third-order valence-electron chi connectivity index (χ3n) is 2.63. The summed E-state index contributed by atoms with van der Waals surface area (Å²) >= 11 is 0. The van der Waals surface area contributed by atoms with Crippen LogP contribution in [0.4, 0.5) is 0 Å². The van der Waals surface area contributed by atoms with E-state index in [9.17, 15) is 18.0 Å². The first kappa shape index (κ1) is 19.8. The molecule has 0 saturated heterocycles. The van der Waals surface area contributed by atoms with Crippen molar-refractivity contribution in [2.24, 2.45) is 11.7 Å². The van der Waals surface area contributed by atoms with Crippen LogP contribution < -0.4 is 21.1 Å². The van der Waals surface area contributed by atoms with E-state index in [-0.39, 0.29) is 19.0 Å². The molecule has 0 rings (SSSR count). The molecule has 21 heavy (non-hydrogen) atoms. The lowest BCUT2D eigenvalue weighted by Crippen LogP contribution is -2.53.